The highest BCUT2D eigenvalue weighted by molar-refractivity contribution is 6.30. The van der Waals surface area contributed by atoms with Crippen molar-refractivity contribution in [3.8, 4) is 0 Å². The number of hydrogen-bond acceptors (Lipinski definition) is 3. The van der Waals surface area contributed by atoms with E-state index in [2.05, 4.69) is 15.6 Å². The van der Waals surface area contributed by atoms with Gasteiger partial charge in [0.1, 0.15) is 0 Å². The molecule has 0 fully saturated rings. The number of amides is 2. The predicted molar refractivity (Wildman–Crippen MR) is 97.3 cm³/mol. The van der Waals surface area contributed by atoms with Crippen LogP contribution in [-0.4, -0.2) is 22.1 Å². The maximum absolute atomic E-state index is 12.1. The van der Waals surface area contributed by atoms with E-state index in [1.54, 1.807) is 48.5 Å². The van der Waals surface area contributed by atoms with Gasteiger partial charge in [-0.3, -0.25) is 9.59 Å². The first-order chi connectivity index (χ1) is 12.0. The number of para-hydroxylation sites is 2. The molecule has 0 unspecified atom stereocenters. The number of H-pyrrole nitrogens is 1. The third-order valence-electron chi connectivity index (χ3n) is 3.61. The highest BCUT2D eigenvalue weighted by Crippen LogP contribution is 2.13. The lowest BCUT2D eigenvalue weighted by Gasteiger charge is -2.11. The number of aromatic amines is 1. The van der Waals surface area contributed by atoms with Crippen molar-refractivity contribution in [3.63, 3.8) is 0 Å². The molecule has 8 heteroatoms. The minimum absolute atomic E-state index is 0.178. The Kier molecular flexibility index (Phi) is 4.85. The minimum atomic E-state index is -0.690. The number of rotatable bonds is 4. The molecular formula is C17H15ClN4O3. The van der Waals surface area contributed by atoms with Gasteiger partial charge in [0.25, 0.3) is 0 Å². The summed E-state index contributed by atoms with van der Waals surface area (Å²) in [5.74, 6) is 0. The summed E-state index contributed by atoms with van der Waals surface area (Å²) in [4.78, 5) is 38.2. The number of benzene rings is 2. The Balaban J connectivity index is 1.68. The van der Waals surface area contributed by atoms with E-state index in [1.807, 2.05) is 0 Å². The molecule has 1 heterocycles. The monoisotopic (exact) mass is 358 g/mol. The SMILES string of the molecule is O=C(NCCn1c(=O)c(=O)[nH]c2ccccc21)Nc1ccc(Cl)cc1. The van der Waals surface area contributed by atoms with Crippen molar-refractivity contribution >= 4 is 34.4 Å². The summed E-state index contributed by atoms with van der Waals surface area (Å²) >= 11 is 5.79. The molecule has 0 saturated carbocycles. The number of hydrogen-bond donors (Lipinski definition) is 3. The number of nitrogens with zero attached hydrogens (tertiary/aromatic N) is 1. The van der Waals surface area contributed by atoms with E-state index in [1.165, 1.54) is 4.57 Å². The Labute approximate surface area is 147 Å². The van der Waals surface area contributed by atoms with Crippen molar-refractivity contribution in [3.05, 3.63) is 74.3 Å². The molecule has 0 bridgehead atoms. The molecule has 25 heavy (non-hydrogen) atoms. The van der Waals surface area contributed by atoms with Crippen LogP contribution in [0.1, 0.15) is 0 Å². The maximum Gasteiger partial charge on any atom is 0.319 e. The molecule has 3 aromatic rings. The second-order valence-corrected chi connectivity index (χ2v) is 5.75. The second kappa shape index (κ2) is 7.23. The molecule has 0 aliphatic heterocycles. The molecule has 1 aromatic heterocycles. The zero-order chi connectivity index (χ0) is 17.8. The lowest BCUT2D eigenvalue weighted by molar-refractivity contribution is 0.251. The highest BCUT2D eigenvalue weighted by atomic mass is 35.5. The predicted octanol–water partition coefficient (Wildman–Crippen LogP) is 2.16. The summed E-state index contributed by atoms with van der Waals surface area (Å²) in [7, 11) is 0. The number of nitrogens with one attached hydrogen (secondary N) is 3. The molecule has 0 spiro atoms. The average Bonchev–Trinajstić information content (AvgIpc) is 2.60. The summed E-state index contributed by atoms with van der Waals surface area (Å²) in [6.45, 7) is 0.365. The molecule has 0 atom stereocenters. The van der Waals surface area contributed by atoms with Crippen molar-refractivity contribution in [2.45, 2.75) is 6.54 Å². The molecule has 2 aromatic carbocycles. The van der Waals surface area contributed by atoms with Gasteiger partial charge in [0.05, 0.1) is 11.0 Å². The molecule has 7 nitrogen and oxygen atoms in total. The highest BCUT2D eigenvalue weighted by Gasteiger charge is 2.07. The summed E-state index contributed by atoms with van der Waals surface area (Å²) in [5.41, 5.74) is 0.424. The lowest BCUT2D eigenvalue weighted by Crippen LogP contribution is -2.39. The van der Waals surface area contributed by atoms with Gasteiger partial charge in [0.2, 0.25) is 0 Å². The summed E-state index contributed by atoms with van der Waals surface area (Å²) in [5, 5.41) is 5.88. The number of carbonyl (C=O) groups excluding carboxylic acids is 1. The average molecular weight is 359 g/mol. The summed E-state index contributed by atoms with van der Waals surface area (Å²) in [6.07, 6.45) is 0. The third kappa shape index (κ3) is 3.89. The fourth-order valence-corrected chi connectivity index (χ4v) is 2.56. The first kappa shape index (κ1) is 16.8. The maximum atomic E-state index is 12.1. The summed E-state index contributed by atoms with van der Waals surface area (Å²) in [6, 6.07) is 13.3. The van der Waals surface area contributed by atoms with E-state index in [4.69, 9.17) is 11.6 Å². The van der Waals surface area contributed by atoms with Gasteiger partial charge in [0.15, 0.2) is 0 Å². The Morgan fingerprint density at radius 2 is 1.80 bits per heavy atom. The van der Waals surface area contributed by atoms with Crippen LogP contribution in [-0.2, 0) is 6.54 Å². The third-order valence-corrected chi connectivity index (χ3v) is 3.86. The van der Waals surface area contributed by atoms with Crippen molar-refractivity contribution in [1.29, 1.82) is 0 Å². The van der Waals surface area contributed by atoms with Crippen LogP contribution in [0.15, 0.2) is 58.1 Å². The molecule has 0 aliphatic carbocycles. The van der Waals surface area contributed by atoms with Crippen molar-refractivity contribution in [2.75, 3.05) is 11.9 Å². The normalized spacial score (nSPS) is 10.6. The van der Waals surface area contributed by atoms with Crippen LogP contribution >= 0.6 is 11.6 Å². The van der Waals surface area contributed by atoms with Gasteiger partial charge in [-0.1, -0.05) is 23.7 Å². The van der Waals surface area contributed by atoms with Crippen molar-refractivity contribution in [1.82, 2.24) is 14.9 Å². The molecule has 128 valence electrons. The van der Waals surface area contributed by atoms with Gasteiger partial charge in [0, 0.05) is 23.8 Å². The molecule has 0 radical (unpaired) electrons. The Bertz CT molecular complexity index is 1020. The first-order valence-electron chi connectivity index (χ1n) is 7.57. The standard InChI is InChI=1S/C17H15ClN4O3/c18-11-5-7-12(8-6-11)20-17(25)19-9-10-22-14-4-2-1-3-13(14)21-15(23)16(22)24/h1-8H,9-10H2,(H,21,23)(H2,19,20,25). The Morgan fingerprint density at radius 3 is 2.56 bits per heavy atom. The van der Waals surface area contributed by atoms with E-state index in [0.29, 0.717) is 21.7 Å². The van der Waals surface area contributed by atoms with E-state index >= 15 is 0 Å². The zero-order valence-corrected chi connectivity index (χ0v) is 13.8. The molecule has 2 amide bonds. The van der Waals surface area contributed by atoms with Gasteiger partial charge in [-0.2, -0.15) is 0 Å². The van der Waals surface area contributed by atoms with Crippen LogP contribution in [0.25, 0.3) is 11.0 Å². The van der Waals surface area contributed by atoms with Gasteiger partial charge in [-0.25, -0.2) is 4.79 Å². The molecular weight excluding hydrogens is 344 g/mol. The quantitative estimate of drug-likeness (QED) is 0.623. The minimum Gasteiger partial charge on any atom is -0.336 e. The number of halogens is 1. The van der Waals surface area contributed by atoms with E-state index < -0.39 is 17.1 Å². The molecule has 3 rings (SSSR count). The second-order valence-electron chi connectivity index (χ2n) is 5.32. The van der Waals surface area contributed by atoms with Gasteiger partial charge < -0.3 is 20.2 Å². The summed E-state index contributed by atoms with van der Waals surface area (Å²) < 4.78 is 1.34. The van der Waals surface area contributed by atoms with Crippen LogP contribution in [0.3, 0.4) is 0 Å². The van der Waals surface area contributed by atoms with Crippen LogP contribution in [0.5, 0.6) is 0 Å². The van der Waals surface area contributed by atoms with E-state index in [-0.39, 0.29) is 13.1 Å². The number of anilines is 1. The number of aromatic nitrogens is 2. The van der Waals surface area contributed by atoms with E-state index in [0.717, 1.165) is 0 Å². The molecule has 3 N–H and O–H groups in total. The largest absolute Gasteiger partial charge is 0.336 e. The fraction of sp³-hybridized carbons (Fsp3) is 0.118. The molecule has 0 saturated heterocycles. The van der Waals surface area contributed by atoms with Crippen molar-refractivity contribution in [2.24, 2.45) is 0 Å². The van der Waals surface area contributed by atoms with E-state index in [9.17, 15) is 14.4 Å². The molecule has 0 aliphatic rings. The Morgan fingerprint density at radius 1 is 1.08 bits per heavy atom. The van der Waals surface area contributed by atoms with Gasteiger partial charge in [-0.05, 0) is 36.4 Å². The number of urea groups is 1. The van der Waals surface area contributed by atoms with Crippen molar-refractivity contribution < 1.29 is 4.79 Å². The smallest absolute Gasteiger partial charge is 0.319 e. The number of carbonyl (C=O) groups is 1. The van der Waals surface area contributed by atoms with Gasteiger partial charge in [-0.15, -0.1) is 0 Å². The zero-order valence-electron chi connectivity index (χ0n) is 13.1. The number of fused-ring (bicyclic) bond motifs is 1. The van der Waals surface area contributed by atoms with Crippen LogP contribution in [0.2, 0.25) is 5.02 Å². The Hall–Kier alpha value is -3.06. The van der Waals surface area contributed by atoms with Crippen LogP contribution < -0.4 is 21.8 Å². The van der Waals surface area contributed by atoms with Crippen LogP contribution in [0, 0.1) is 0 Å². The fourth-order valence-electron chi connectivity index (χ4n) is 2.43. The van der Waals surface area contributed by atoms with Crippen LogP contribution in [0.4, 0.5) is 10.5 Å². The van der Waals surface area contributed by atoms with Gasteiger partial charge >= 0.3 is 17.1 Å². The topological polar surface area (TPSA) is 96.0 Å². The lowest BCUT2D eigenvalue weighted by atomic mass is 10.3. The first-order valence-corrected chi connectivity index (χ1v) is 7.95.